The number of phosphoric acid groups is 1. The number of hydrogen-bond donors (Lipinski definition) is 2. The zero-order valence-electron chi connectivity index (χ0n) is 59.7. The fourth-order valence-corrected chi connectivity index (χ4v) is 11.1. The van der Waals surface area contributed by atoms with Crippen molar-refractivity contribution in [1.29, 1.82) is 0 Å². The number of esters is 2. The molecule has 0 saturated heterocycles. The zero-order chi connectivity index (χ0) is 67.2. The molecular weight excluding hydrogens is 1170 g/mol. The highest BCUT2D eigenvalue weighted by Crippen LogP contribution is 2.43. The highest BCUT2D eigenvalue weighted by atomic mass is 31.2. The fourth-order valence-electron chi connectivity index (χ4n) is 10.3. The van der Waals surface area contributed by atoms with Crippen LogP contribution < -0.4 is 5.73 Å². The summed E-state index contributed by atoms with van der Waals surface area (Å²) in [6.07, 6.45) is 112. The van der Waals surface area contributed by atoms with Gasteiger partial charge in [0, 0.05) is 19.4 Å². The lowest BCUT2D eigenvalue weighted by atomic mass is 10.0. The van der Waals surface area contributed by atoms with Gasteiger partial charge in [0.2, 0.25) is 0 Å². The minimum Gasteiger partial charge on any atom is -0.462 e. The van der Waals surface area contributed by atoms with E-state index in [4.69, 9.17) is 24.3 Å². The van der Waals surface area contributed by atoms with Gasteiger partial charge in [0.05, 0.1) is 13.2 Å². The number of allylic oxidation sites excluding steroid dienone is 26. The van der Waals surface area contributed by atoms with Crippen LogP contribution in [-0.2, 0) is 32.7 Å². The lowest BCUT2D eigenvalue weighted by Crippen LogP contribution is -2.29. The smallest absolute Gasteiger partial charge is 0.462 e. The van der Waals surface area contributed by atoms with Crippen molar-refractivity contribution in [3.63, 3.8) is 0 Å². The van der Waals surface area contributed by atoms with Gasteiger partial charge in [0.15, 0.2) is 6.10 Å². The summed E-state index contributed by atoms with van der Waals surface area (Å²) in [6.45, 7) is 3.60. The van der Waals surface area contributed by atoms with Gasteiger partial charge in [-0.25, -0.2) is 4.57 Å². The van der Waals surface area contributed by atoms with E-state index in [9.17, 15) is 19.0 Å². The van der Waals surface area contributed by atoms with Crippen LogP contribution >= 0.6 is 7.82 Å². The number of carbonyl (C=O) groups excluding carboxylic acids is 2. The first-order valence-corrected chi connectivity index (χ1v) is 39.5. The summed E-state index contributed by atoms with van der Waals surface area (Å²) in [5.41, 5.74) is 5.40. The molecule has 0 spiro atoms. The molecule has 0 heterocycles. The van der Waals surface area contributed by atoms with Crippen molar-refractivity contribution < 1.29 is 37.6 Å². The normalized spacial score (nSPS) is 13.8. The topological polar surface area (TPSA) is 134 Å². The molecule has 0 fully saturated rings. The number of rotatable bonds is 70. The van der Waals surface area contributed by atoms with Gasteiger partial charge in [-0.1, -0.05) is 339 Å². The fraction of sp³-hybridized carbons (Fsp3) is 0.663. The summed E-state index contributed by atoms with van der Waals surface area (Å²) < 4.78 is 33.2. The van der Waals surface area contributed by atoms with E-state index in [2.05, 4.69) is 172 Å². The Balaban J connectivity index is 3.98. The first-order valence-electron chi connectivity index (χ1n) is 38.0. The van der Waals surface area contributed by atoms with Gasteiger partial charge >= 0.3 is 19.8 Å². The third-order valence-electron chi connectivity index (χ3n) is 15.9. The molecule has 0 saturated carbocycles. The largest absolute Gasteiger partial charge is 0.472 e. The summed E-state index contributed by atoms with van der Waals surface area (Å²) in [5, 5.41) is 0. The Morgan fingerprint density at radius 1 is 0.333 bits per heavy atom. The average molecular weight is 1310 g/mol. The number of nitrogens with two attached hydrogens (primary N) is 1. The molecule has 0 amide bonds. The number of hydrogen-bond acceptors (Lipinski definition) is 8. The van der Waals surface area contributed by atoms with Crippen LogP contribution in [-0.4, -0.2) is 49.3 Å². The number of phosphoric ester groups is 1. The van der Waals surface area contributed by atoms with E-state index in [0.717, 1.165) is 109 Å². The minimum absolute atomic E-state index is 0.0394. The van der Waals surface area contributed by atoms with Crippen LogP contribution in [0.4, 0.5) is 0 Å². The van der Waals surface area contributed by atoms with Gasteiger partial charge in [0.25, 0.3) is 0 Å². The molecule has 0 aromatic heterocycles. The third-order valence-corrected chi connectivity index (χ3v) is 16.9. The summed E-state index contributed by atoms with van der Waals surface area (Å²) >= 11 is 0. The van der Waals surface area contributed by atoms with E-state index < -0.39 is 32.5 Å². The first-order chi connectivity index (χ1) is 45.8. The van der Waals surface area contributed by atoms with Crippen LogP contribution in [0, 0.1) is 0 Å². The van der Waals surface area contributed by atoms with Gasteiger partial charge in [-0.15, -0.1) is 0 Å². The molecule has 0 bridgehead atoms. The standard InChI is InChI=1S/C83H140NO8P/c1-3-5-7-9-11-13-15-17-19-21-23-25-27-29-31-33-35-37-38-39-40-41-42-44-46-48-50-52-54-56-58-60-62-64-66-68-70-72-74-76-83(86)92-81(80-91-93(87,88)90-78-77-84)79-89-82(85)75-73-71-69-67-65-63-61-59-57-55-53-51-49-47-45-43-36-34-32-30-28-26-24-22-20-18-16-14-12-10-8-6-4-2/h5,7,11,13,17,19,22-25,29,31,35,37,39-40,42,44,48,50,54,56,60,62,66,68,81H,3-4,6,8-10,12,14-16,18,20-21,26-28,30,32-34,36,38,41,43,45-47,49,51-53,55,57-59,61,63-65,67,69-80,84H2,1-2H3,(H,87,88)/b7-5-,13-11-,19-17-,24-22-,25-23-,31-29-,37-35-,40-39-,44-42-,50-48-,56-54-,62-60-,68-66-. The second-order valence-electron chi connectivity index (χ2n) is 24.8. The zero-order valence-corrected chi connectivity index (χ0v) is 60.6. The molecule has 0 aromatic carbocycles. The first kappa shape index (κ1) is 88.6. The molecule has 2 atom stereocenters. The summed E-state index contributed by atoms with van der Waals surface area (Å²) in [7, 11) is -4.42. The van der Waals surface area contributed by atoms with Gasteiger partial charge in [0.1, 0.15) is 6.61 Å². The van der Waals surface area contributed by atoms with Crippen LogP contribution in [0.3, 0.4) is 0 Å². The predicted octanol–water partition coefficient (Wildman–Crippen LogP) is 25.5. The van der Waals surface area contributed by atoms with Crippen LogP contribution in [0.1, 0.15) is 322 Å². The predicted molar refractivity (Wildman–Crippen MR) is 403 cm³/mol. The monoisotopic (exact) mass is 1310 g/mol. The molecule has 3 N–H and O–H groups in total. The molecule has 0 aromatic rings. The maximum atomic E-state index is 12.8. The van der Waals surface area contributed by atoms with Crippen LogP contribution in [0.25, 0.3) is 0 Å². The molecule has 10 heteroatoms. The third kappa shape index (κ3) is 76.5. The molecule has 93 heavy (non-hydrogen) atoms. The van der Waals surface area contributed by atoms with Crippen LogP contribution in [0.5, 0.6) is 0 Å². The van der Waals surface area contributed by atoms with Crippen molar-refractivity contribution in [3.8, 4) is 0 Å². The maximum Gasteiger partial charge on any atom is 0.472 e. The van der Waals surface area contributed by atoms with Crippen LogP contribution in [0.15, 0.2) is 158 Å². The Hall–Kier alpha value is -4.37. The van der Waals surface area contributed by atoms with Crippen molar-refractivity contribution >= 4 is 19.8 Å². The Morgan fingerprint density at radius 2 is 0.591 bits per heavy atom. The minimum atomic E-state index is -4.42. The molecule has 0 aliphatic heterocycles. The Kier molecular flexibility index (Phi) is 73.0. The molecule has 0 radical (unpaired) electrons. The van der Waals surface area contributed by atoms with Crippen molar-refractivity contribution in [2.75, 3.05) is 26.4 Å². The van der Waals surface area contributed by atoms with Gasteiger partial charge < -0.3 is 20.1 Å². The van der Waals surface area contributed by atoms with E-state index in [1.165, 1.54) is 180 Å². The average Bonchev–Trinajstić information content (AvgIpc) is 3.60. The van der Waals surface area contributed by atoms with Crippen molar-refractivity contribution in [2.45, 2.75) is 328 Å². The van der Waals surface area contributed by atoms with Crippen molar-refractivity contribution in [1.82, 2.24) is 0 Å². The Labute approximate surface area is 572 Å². The van der Waals surface area contributed by atoms with E-state index in [1.54, 1.807) is 0 Å². The van der Waals surface area contributed by atoms with E-state index in [1.807, 2.05) is 0 Å². The molecule has 0 rings (SSSR count). The van der Waals surface area contributed by atoms with E-state index in [-0.39, 0.29) is 32.6 Å². The number of carbonyl (C=O) groups is 2. The summed E-state index contributed by atoms with van der Waals surface area (Å²) in [5.74, 6) is -0.879. The second-order valence-corrected chi connectivity index (χ2v) is 26.2. The second kappa shape index (κ2) is 76.6. The Morgan fingerprint density at radius 3 is 0.914 bits per heavy atom. The Bertz CT molecular complexity index is 2090. The SMILES string of the molecule is CC/C=C\C/C=C\C/C=C\C/C=C\C/C=C\C/C=C\C/C=C\C/C=C\C/C=C\C/C=C\C/C=C\C/C=C\CCCCC(=O)OC(COC(=O)CCCCCCCCCCCCCCCCCCCCCCC/C=C\CCCCCCCCCC)COP(=O)(O)OCCN. The number of ether oxygens (including phenoxy) is 2. The van der Waals surface area contributed by atoms with Gasteiger partial charge in [-0.2, -0.15) is 0 Å². The van der Waals surface area contributed by atoms with Crippen molar-refractivity contribution in [2.24, 2.45) is 5.73 Å². The van der Waals surface area contributed by atoms with Crippen LogP contribution in [0.2, 0.25) is 0 Å². The quantitative estimate of drug-likeness (QED) is 0.0264. The van der Waals surface area contributed by atoms with E-state index in [0.29, 0.717) is 6.42 Å². The highest BCUT2D eigenvalue weighted by molar-refractivity contribution is 7.47. The van der Waals surface area contributed by atoms with Gasteiger partial charge in [-0.05, 0) is 128 Å². The molecule has 530 valence electrons. The van der Waals surface area contributed by atoms with Gasteiger partial charge in [-0.3, -0.25) is 18.6 Å². The molecule has 0 aliphatic carbocycles. The maximum absolute atomic E-state index is 12.8. The lowest BCUT2D eigenvalue weighted by Gasteiger charge is -2.19. The van der Waals surface area contributed by atoms with Crippen molar-refractivity contribution in [3.05, 3.63) is 158 Å². The number of unbranched alkanes of at least 4 members (excludes halogenated alkanes) is 31. The highest BCUT2D eigenvalue weighted by Gasteiger charge is 2.26. The molecule has 9 nitrogen and oxygen atoms in total. The summed E-state index contributed by atoms with van der Waals surface area (Å²) in [4.78, 5) is 35.4. The molecule has 0 aliphatic rings. The van der Waals surface area contributed by atoms with E-state index >= 15 is 0 Å². The summed E-state index contributed by atoms with van der Waals surface area (Å²) in [6, 6.07) is 0. The lowest BCUT2D eigenvalue weighted by molar-refractivity contribution is -0.161. The molecular formula is C83H140NO8P. The molecule has 2 unspecified atom stereocenters.